The Morgan fingerprint density at radius 1 is 1.38 bits per heavy atom. The van der Waals surface area contributed by atoms with E-state index in [-0.39, 0.29) is 16.8 Å². The first-order valence-corrected chi connectivity index (χ1v) is 11.7. The number of nitrogens with zero attached hydrogens (tertiary/aromatic N) is 3. The molecule has 1 unspecified atom stereocenters. The van der Waals surface area contributed by atoms with Crippen LogP contribution in [-0.4, -0.2) is 40.3 Å². The van der Waals surface area contributed by atoms with Gasteiger partial charge in [0.05, 0.1) is 12.8 Å². The summed E-state index contributed by atoms with van der Waals surface area (Å²) in [7, 11) is -1.93. The first-order chi connectivity index (χ1) is 13.9. The van der Waals surface area contributed by atoms with E-state index >= 15 is 0 Å². The van der Waals surface area contributed by atoms with Crippen molar-refractivity contribution in [1.82, 2.24) is 9.78 Å². The van der Waals surface area contributed by atoms with E-state index in [1.807, 2.05) is 0 Å². The number of anilines is 1. The first kappa shape index (κ1) is 19.0. The summed E-state index contributed by atoms with van der Waals surface area (Å²) in [4.78, 5) is 12.7. The normalized spacial score (nSPS) is 20.3. The number of nitrogens with one attached hydrogen (secondary N) is 1. The number of nitrogens with two attached hydrogens (primary N) is 1. The van der Waals surface area contributed by atoms with Crippen LogP contribution in [0.5, 0.6) is 5.88 Å². The van der Waals surface area contributed by atoms with Crippen LogP contribution in [-0.2, 0) is 40.3 Å². The molecular weight excluding hydrogens is 462 g/mol. The molecule has 0 saturated heterocycles. The van der Waals surface area contributed by atoms with Crippen molar-refractivity contribution in [2.45, 2.75) is 36.6 Å². The van der Waals surface area contributed by atoms with E-state index in [2.05, 4.69) is 30.7 Å². The van der Waals surface area contributed by atoms with E-state index in [9.17, 15) is 9.00 Å². The highest BCUT2D eigenvalue weighted by Crippen LogP contribution is 2.46. The van der Waals surface area contributed by atoms with Crippen LogP contribution < -0.4 is 15.2 Å². The number of fused-ring (bicyclic) bond motifs is 3. The highest BCUT2D eigenvalue weighted by molar-refractivity contribution is 9.10. The van der Waals surface area contributed by atoms with Crippen LogP contribution in [0.25, 0.3) is 0 Å². The predicted octanol–water partition coefficient (Wildman–Crippen LogP) is 2.36. The molecule has 0 radical (unpaired) electrons. The van der Waals surface area contributed by atoms with Gasteiger partial charge in [0, 0.05) is 17.3 Å². The number of benzene rings is 1. The maximum Gasteiger partial charge on any atom is 0.354 e. The van der Waals surface area contributed by atoms with Gasteiger partial charge < -0.3 is 14.8 Å². The largest absolute Gasteiger partial charge is 0.475 e. The maximum atomic E-state index is 13.0. The van der Waals surface area contributed by atoms with Gasteiger partial charge in [0.25, 0.3) is 0 Å². The molecule has 2 amide bonds. The molecule has 9 nitrogen and oxygen atoms in total. The fourth-order valence-corrected chi connectivity index (χ4v) is 5.96. The maximum absolute atomic E-state index is 13.0. The molecule has 0 saturated carbocycles. The van der Waals surface area contributed by atoms with Gasteiger partial charge in [0.1, 0.15) is 17.5 Å². The van der Waals surface area contributed by atoms with Crippen molar-refractivity contribution in [2.24, 2.45) is 9.50 Å². The molecule has 154 valence electrons. The Morgan fingerprint density at radius 3 is 2.62 bits per heavy atom. The number of urea groups is 1. The van der Waals surface area contributed by atoms with Gasteiger partial charge in [-0.05, 0) is 47.9 Å². The molecule has 29 heavy (non-hydrogen) atoms. The Balaban J connectivity index is 1.44. The van der Waals surface area contributed by atoms with Crippen molar-refractivity contribution in [3.8, 4) is 5.88 Å². The summed E-state index contributed by atoms with van der Waals surface area (Å²) in [5, 5.41) is 13.0. The topological polar surface area (TPSA) is 121 Å². The molecule has 0 bridgehead atoms. The molecule has 3 aliphatic rings. The summed E-state index contributed by atoms with van der Waals surface area (Å²) < 4.78 is 30.3. The second-order valence-corrected chi connectivity index (χ2v) is 9.92. The zero-order valence-electron chi connectivity index (χ0n) is 15.7. The van der Waals surface area contributed by atoms with Crippen molar-refractivity contribution in [3.63, 3.8) is 0 Å². The predicted molar refractivity (Wildman–Crippen MR) is 110 cm³/mol. The minimum absolute atomic E-state index is 0.114. The van der Waals surface area contributed by atoms with Crippen molar-refractivity contribution < 1.29 is 18.5 Å². The van der Waals surface area contributed by atoms with Gasteiger partial charge >= 0.3 is 6.03 Å². The monoisotopic (exact) mass is 481 g/mol. The summed E-state index contributed by atoms with van der Waals surface area (Å²) in [6.07, 6.45) is 5.12. The Kier molecular flexibility index (Phi) is 4.46. The van der Waals surface area contributed by atoms with Crippen LogP contribution in [0.15, 0.2) is 19.9 Å². The van der Waals surface area contributed by atoms with E-state index in [4.69, 9.17) is 14.6 Å². The van der Waals surface area contributed by atoms with Crippen LogP contribution in [0.3, 0.4) is 0 Å². The van der Waals surface area contributed by atoms with Crippen LogP contribution in [0.4, 0.5) is 10.5 Å². The minimum Gasteiger partial charge on any atom is -0.475 e. The summed E-state index contributed by atoms with van der Waals surface area (Å²) in [5.41, 5.74) is 5.52. The van der Waals surface area contributed by atoms with E-state index in [0.29, 0.717) is 13.2 Å². The number of methoxy groups -OCH3 is 1. The number of hydrogen-bond acceptors (Lipinski definition) is 5. The van der Waals surface area contributed by atoms with Crippen LogP contribution in [0, 0.1) is 0 Å². The molecule has 2 aliphatic carbocycles. The second kappa shape index (κ2) is 6.79. The third-order valence-corrected chi connectivity index (χ3v) is 8.02. The lowest BCUT2D eigenvalue weighted by molar-refractivity contribution is 0.145. The molecular formula is C18H20BrN5O4S. The van der Waals surface area contributed by atoms with Crippen molar-refractivity contribution in [3.05, 3.63) is 32.9 Å². The molecule has 0 spiro atoms. The summed E-state index contributed by atoms with van der Waals surface area (Å²) in [6, 6.07) is -0.859. The van der Waals surface area contributed by atoms with Gasteiger partial charge in [-0.25, -0.2) is 18.8 Å². The number of aromatic nitrogens is 2. The van der Waals surface area contributed by atoms with Crippen LogP contribution in [0.1, 0.15) is 28.3 Å². The van der Waals surface area contributed by atoms with E-state index in [0.717, 1.165) is 47.0 Å². The summed E-state index contributed by atoms with van der Waals surface area (Å²) in [5.74, 6) is 0.271. The number of hydrogen-bond donors (Lipinski definition) is 2. The number of rotatable bonds is 4. The molecule has 2 heterocycles. The molecule has 2 atom stereocenters. The van der Waals surface area contributed by atoms with E-state index in [1.165, 1.54) is 17.3 Å². The Morgan fingerprint density at radius 2 is 2.03 bits per heavy atom. The molecule has 5 rings (SSSR count). The average Bonchev–Trinajstić information content (AvgIpc) is 3.14. The Bertz CT molecular complexity index is 1130. The standard InChI is InChI=1S/C18H20BrN5O4S/c1-27-7-9-8-28-17-14(6-21-24(9)17)29(20,26)23-18(25)22-16-12-4-2-10(12)15(19)11-3-5-13(11)16/h6,9H,2-5,7-8H2,1H3,(H3,20,22,23,25,26)/t9-,29?/m1/s1. The van der Waals surface area contributed by atoms with Crippen molar-refractivity contribution >= 4 is 37.6 Å². The molecule has 1 aromatic heterocycles. The third-order valence-electron chi connectivity index (χ3n) is 5.71. The summed E-state index contributed by atoms with van der Waals surface area (Å²) >= 11 is 3.67. The number of ether oxygens (including phenoxy) is 2. The van der Waals surface area contributed by atoms with E-state index in [1.54, 1.807) is 11.8 Å². The molecule has 2 aromatic rings. The third kappa shape index (κ3) is 2.90. The SMILES string of the molecule is COC[C@@H]1COc2c(S(N)(=O)=NC(=O)Nc3c4c(c(Br)c5c3CC5)CC4)cnn21. The van der Waals surface area contributed by atoms with Gasteiger partial charge in [-0.15, -0.1) is 4.36 Å². The first-order valence-electron chi connectivity index (χ1n) is 9.30. The van der Waals surface area contributed by atoms with Gasteiger partial charge in [0.2, 0.25) is 5.88 Å². The number of carbonyl (C=O) groups excluding carboxylic acids is 1. The minimum atomic E-state index is -3.51. The zero-order chi connectivity index (χ0) is 20.3. The average molecular weight is 482 g/mol. The number of carbonyl (C=O) groups is 1. The molecule has 3 N–H and O–H groups in total. The molecule has 0 fully saturated rings. The lowest BCUT2D eigenvalue weighted by Crippen LogP contribution is -2.25. The van der Waals surface area contributed by atoms with Crippen molar-refractivity contribution in [1.29, 1.82) is 0 Å². The Hall–Kier alpha value is -1.95. The zero-order valence-corrected chi connectivity index (χ0v) is 18.1. The lowest BCUT2D eigenvalue weighted by atomic mass is 9.76. The fraction of sp³-hybridized carbons (Fsp3) is 0.444. The smallest absolute Gasteiger partial charge is 0.354 e. The number of halogens is 1. The molecule has 11 heteroatoms. The van der Waals surface area contributed by atoms with Crippen LogP contribution in [0.2, 0.25) is 0 Å². The second-order valence-electron chi connectivity index (χ2n) is 7.37. The lowest BCUT2D eigenvalue weighted by Gasteiger charge is -2.33. The van der Waals surface area contributed by atoms with Crippen molar-refractivity contribution in [2.75, 3.05) is 25.6 Å². The highest BCUT2D eigenvalue weighted by Gasteiger charge is 2.33. The van der Waals surface area contributed by atoms with E-state index < -0.39 is 15.9 Å². The number of amides is 2. The Labute approximate surface area is 176 Å². The van der Waals surface area contributed by atoms with Gasteiger partial charge in [0.15, 0.2) is 9.92 Å². The van der Waals surface area contributed by atoms with Gasteiger partial charge in [-0.1, -0.05) is 15.9 Å². The summed E-state index contributed by atoms with van der Waals surface area (Å²) in [6.45, 7) is 0.736. The quantitative estimate of drug-likeness (QED) is 0.693. The molecule has 1 aromatic carbocycles. The van der Waals surface area contributed by atoms with Gasteiger partial charge in [-0.2, -0.15) is 5.10 Å². The highest BCUT2D eigenvalue weighted by atomic mass is 79.9. The van der Waals surface area contributed by atoms with Gasteiger partial charge in [-0.3, -0.25) is 0 Å². The fourth-order valence-electron chi connectivity index (χ4n) is 4.09. The molecule has 1 aliphatic heterocycles. The van der Waals surface area contributed by atoms with Crippen LogP contribution >= 0.6 is 15.9 Å².